The average molecular weight is 408 g/mol. The van der Waals surface area contributed by atoms with Crippen LogP contribution in [0.25, 0.3) is 11.4 Å². The number of H-pyrrole nitrogens is 2. The van der Waals surface area contributed by atoms with Crippen molar-refractivity contribution in [3.8, 4) is 11.4 Å². The fourth-order valence-corrected chi connectivity index (χ4v) is 2.95. The van der Waals surface area contributed by atoms with Crippen LogP contribution in [0.2, 0.25) is 0 Å². The Kier molecular flexibility index (Phi) is 6.35. The lowest BCUT2D eigenvalue weighted by molar-refractivity contribution is 0.737. The van der Waals surface area contributed by atoms with Crippen LogP contribution < -0.4 is 11.1 Å². The summed E-state index contributed by atoms with van der Waals surface area (Å²) >= 11 is 0. The highest BCUT2D eigenvalue weighted by Gasteiger charge is 2.07. The molecule has 0 radical (unpaired) electrons. The topological polar surface area (TPSA) is 127 Å². The normalized spacial score (nSPS) is 10.5. The zero-order valence-corrected chi connectivity index (χ0v) is 17.4. The van der Waals surface area contributed by atoms with Gasteiger partial charge in [0.25, 0.3) is 11.1 Å². The van der Waals surface area contributed by atoms with Crippen molar-refractivity contribution in [3.63, 3.8) is 0 Å². The number of aromatic amines is 2. The van der Waals surface area contributed by atoms with Crippen molar-refractivity contribution < 1.29 is 0 Å². The van der Waals surface area contributed by atoms with E-state index >= 15 is 0 Å². The van der Waals surface area contributed by atoms with Crippen molar-refractivity contribution >= 4 is 0 Å². The SMILES string of the molecule is CCc1cc(-n2ccnn2)c(C)[nH]c1=O.CCc1cc(-n2nccn2)c(C)[nH]c1=O. The van der Waals surface area contributed by atoms with Crippen LogP contribution in [0.1, 0.15) is 36.4 Å². The van der Waals surface area contributed by atoms with Gasteiger partial charge in [0.1, 0.15) is 5.69 Å². The maximum atomic E-state index is 11.5. The molecule has 0 atom stereocenters. The Morgan fingerprint density at radius 1 is 0.833 bits per heavy atom. The standard InChI is InChI=1S/2C10H12N4O/c1-3-8-6-9(7(2)12-10(8)15)14-5-4-11-13-14;1-3-8-6-9(7(2)13-10(8)15)14-11-4-5-12-14/h4-6H,3H2,1-2H3,(H,12,15);4-6H,3H2,1-2H3,(H,13,15). The predicted octanol–water partition coefficient (Wildman–Crippen LogP) is 1.65. The Hall–Kier alpha value is -3.82. The van der Waals surface area contributed by atoms with E-state index in [1.54, 1.807) is 29.5 Å². The summed E-state index contributed by atoms with van der Waals surface area (Å²) in [6, 6.07) is 3.68. The van der Waals surface area contributed by atoms with Crippen LogP contribution in [0.3, 0.4) is 0 Å². The Labute approximate surface area is 172 Å². The van der Waals surface area contributed by atoms with E-state index < -0.39 is 0 Å². The largest absolute Gasteiger partial charge is 0.324 e. The summed E-state index contributed by atoms with van der Waals surface area (Å²) in [5.41, 5.74) is 4.68. The quantitative estimate of drug-likeness (QED) is 0.529. The molecule has 0 unspecified atom stereocenters. The molecule has 0 saturated carbocycles. The third-order valence-electron chi connectivity index (χ3n) is 4.64. The summed E-state index contributed by atoms with van der Waals surface area (Å²) < 4.78 is 1.64. The number of hydrogen-bond acceptors (Lipinski definition) is 6. The van der Waals surface area contributed by atoms with Gasteiger partial charge in [0.05, 0.1) is 30.5 Å². The maximum Gasteiger partial charge on any atom is 0.251 e. The zero-order valence-electron chi connectivity index (χ0n) is 17.4. The predicted molar refractivity (Wildman–Crippen MR) is 112 cm³/mol. The second-order valence-corrected chi connectivity index (χ2v) is 6.64. The van der Waals surface area contributed by atoms with E-state index in [-0.39, 0.29) is 11.1 Å². The fraction of sp³-hybridized carbons (Fsp3) is 0.300. The van der Waals surface area contributed by atoms with Crippen molar-refractivity contribution in [1.82, 2.24) is 40.0 Å². The second kappa shape index (κ2) is 9.12. The molecule has 0 fully saturated rings. The Balaban J connectivity index is 0.000000171. The summed E-state index contributed by atoms with van der Waals surface area (Å²) in [4.78, 5) is 30.1. The van der Waals surface area contributed by atoms with Crippen LogP contribution >= 0.6 is 0 Å². The molecule has 0 aliphatic rings. The number of aromatic nitrogens is 8. The van der Waals surface area contributed by atoms with E-state index in [1.807, 2.05) is 39.8 Å². The molecule has 0 aliphatic heterocycles. The van der Waals surface area contributed by atoms with Gasteiger partial charge in [0.15, 0.2) is 0 Å². The van der Waals surface area contributed by atoms with Crippen LogP contribution in [0.5, 0.6) is 0 Å². The number of aryl methyl sites for hydroxylation is 4. The zero-order chi connectivity index (χ0) is 21.7. The number of nitrogens with zero attached hydrogens (tertiary/aromatic N) is 6. The summed E-state index contributed by atoms with van der Waals surface area (Å²) in [6.07, 6.45) is 7.98. The smallest absolute Gasteiger partial charge is 0.251 e. The molecule has 0 aliphatic carbocycles. The first-order valence-corrected chi connectivity index (χ1v) is 9.63. The highest BCUT2D eigenvalue weighted by Crippen LogP contribution is 2.10. The maximum absolute atomic E-state index is 11.5. The van der Waals surface area contributed by atoms with Gasteiger partial charge in [-0.1, -0.05) is 19.1 Å². The number of hydrogen-bond donors (Lipinski definition) is 2. The molecule has 2 N–H and O–H groups in total. The molecule has 10 nitrogen and oxygen atoms in total. The molecule has 4 aromatic rings. The lowest BCUT2D eigenvalue weighted by Crippen LogP contribution is -2.16. The number of pyridine rings is 2. The first-order chi connectivity index (χ1) is 14.4. The van der Waals surface area contributed by atoms with E-state index in [1.165, 1.54) is 4.80 Å². The van der Waals surface area contributed by atoms with Gasteiger partial charge in [0, 0.05) is 22.5 Å². The van der Waals surface area contributed by atoms with Gasteiger partial charge in [-0.15, -0.1) is 9.90 Å². The lowest BCUT2D eigenvalue weighted by Gasteiger charge is -2.06. The Morgan fingerprint density at radius 3 is 1.87 bits per heavy atom. The van der Waals surface area contributed by atoms with Crippen LogP contribution in [-0.2, 0) is 12.8 Å². The summed E-state index contributed by atoms with van der Waals surface area (Å²) in [6.45, 7) is 7.57. The van der Waals surface area contributed by atoms with E-state index in [0.717, 1.165) is 33.9 Å². The third kappa shape index (κ3) is 4.43. The molecule has 156 valence electrons. The molecule has 30 heavy (non-hydrogen) atoms. The van der Waals surface area contributed by atoms with E-state index in [9.17, 15) is 9.59 Å². The van der Waals surface area contributed by atoms with Crippen molar-refractivity contribution in [3.05, 3.63) is 80.1 Å². The second-order valence-electron chi connectivity index (χ2n) is 6.64. The molecule has 4 rings (SSSR count). The van der Waals surface area contributed by atoms with Gasteiger partial charge < -0.3 is 9.97 Å². The van der Waals surface area contributed by atoms with Crippen LogP contribution in [-0.4, -0.2) is 40.0 Å². The summed E-state index contributed by atoms with van der Waals surface area (Å²) in [7, 11) is 0. The minimum absolute atomic E-state index is 0.0288. The van der Waals surface area contributed by atoms with Gasteiger partial charge in [0.2, 0.25) is 0 Å². The Bertz CT molecular complexity index is 1120. The molecule has 4 heterocycles. The minimum Gasteiger partial charge on any atom is -0.324 e. The molecule has 0 amide bonds. The molecule has 0 spiro atoms. The highest BCUT2D eigenvalue weighted by molar-refractivity contribution is 5.38. The molecular formula is C20H24N8O2. The Morgan fingerprint density at radius 2 is 1.37 bits per heavy atom. The lowest BCUT2D eigenvalue weighted by atomic mass is 10.2. The van der Waals surface area contributed by atoms with Crippen LogP contribution in [0, 0.1) is 13.8 Å². The molecular weight excluding hydrogens is 384 g/mol. The average Bonchev–Trinajstić information content (AvgIpc) is 3.43. The number of nitrogens with one attached hydrogen (secondary N) is 2. The fourth-order valence-electron chi connectivity index (χ4n) is 2.95. The van der Waals surface area contributed by atoms with Crippen molar-refractivity contribution in [2.75, 3.05) is 0 Å². The molecule has 0 aromatic carbocycles. The summed E-state index contributed by atoms with van der Waals surface area (Å²) in [5.74, 6) is 0. The first-order valence-electron chi connectivity index (χ1n) is 9.63. The van der Waals surface area contributed by atoms with Crippen LogP contribution in [0.15, 0.2) is 46.5 Å². The van der Waals surface area contributed by atoms with Gasteiger partial charge in [-0.25, -0.2) is 4.68 Å². The van der Waals surface area contributed by atoms with Crippen molar-refractivity contribution in [2.24, 2.45) is 0 Å². The molecule has 10 heteroatoms. The third-order valence-corrected chi connectivity index (χ3v) is 4.64. The van der Waals surface area contributed by atoms with Crippen molar-refractivity contribution in [1.29, 1.82) is 0 Å². The number of rotatable bonds is 4. The monoisotopic (exact) mass is 408 g/mol. The van der Waals surface area contributed by atoms with E-state index in [4.69, 9.17) is 0 Å². The van der Waals surface area contributed by atoms with Gasteiger partial charge in [-0.2, -0.15) is 10.2 Å². The molecule has 4 aromatic heterocycles. The highest BCUT2D eigenvalue weighted by atomic mass is 16.1. The van der Waals surface area contributed by atoms with Gasteiger partial charge in [-0.05, 0) is 38.8 Å². The first kappa shape index (κ1) is 20.9. The van der Waals surface area contributed by atoms with Crippen molar-refractivity contribution in [2.45, 2.75) is 40.5 Å². The van der Waals surface area contributed by atoms with Gasteiger partial charge in [-0.3, -0.25) is 9.59 Å². The molecule has 0 bridgehead atoms. The summed E-state index contributed by atoms with van der Waals surface area (Å²) in [5, 5.41) is 15.7. The van der Waals surface area contributed by atoms with E-state index in [0.29, 0.717) is 12.8 Å². The van der Waals surface area contributed by atoms with Gasteiger partial charge >= 0.3 is 0 Å². The van der Waals surface area contributed by atoms with Crippen LogP contribution in [0.4, 0.5) is 0 Å². The minimum atomic E-state index is -0.0362. The van der Waals surface area contributed by atoms with E-state index in [2.05, 4.69) is 30.5 Å². The molecule has 0 saturated heterocycles.